The summed E-state index contributed by atoms with van der Waals surface area (Å²) < 4.78 is 2.15. The molecule has 5 rings (SSSR count). The first-order chi connectivity index (χ1) is 15.3. The lowest BCUT2D eigenvalue weighted by molar-refractivity contribution is 0.0912. The summed E-state index contributed by atoms with van der Waals surface area (Å²) in [5.74, 6) is -0.257. The van der Waals surface area contributed by atoms with E-state index in [0.717, 1.165) is 52.8 Å². The third-order valence-electron chi connectivity index (χ3n) is 6.92. The zero-order valence-corrected chi connectivity index (χ0v) is 18.8. The van der Waals surface area contributed by atoms with Gasteiger partial charge < -0.3 is 15.6 Å². The standard InChI is InChI=1S/C26H30N4O2/c1-26(2)13-21-24(23(31)14-26)19-10-11-28-15-22(19)30(21)17-8-9-18(25(27)32)20(12-17)29-16-6-4-3-5-7-16/h8-12,15-16,29H,3-7,13-14H2,1-2H3,(H2,27,32). The Labute approximate surface area is 188 Å². The Kier molecular flexibility index (Phi) is 5.03. The molecule has 6 heteroatoms. The van der Waals surface area contributed by atoms with Crippen molar-refractivity contribution >= 4 is 28.3 Å². The van der Waals surface area contributed by atoms with E-state index >= 15 is 0 Å². The highest BCUT2D eigenvalue weighted by atomic mass is 16.1. The summed E-state index contributed by atoms with van der Waals surface area (Å²) in [6.45, 7) is 4.28. The maximum Gasteiger partial charge on any atom is 0.250 e. The van der Waals surface area contributed by atoms with Gasteiger partial charge in [-0.15, -0.1) is 0 Å². The number of pyridine rings is 1. The molecule has 6 nitrogen and oxygen atoms in total. The van der Waals surface area contributed by atoms with Crippen LogP contribution in [0.1, 0.15) is 78.8 Å². The van der Waals surface area contributed by atoms with Crippen LogP contribution in [-0.2, 0) is 6.42 Å². The molecule has 2 heterocycles. The minimum absolute atomic E-state index is 0.111. The number of nitrogens with two attached hydrogens (primary N) is 1. The largest absolute Gasteiger partial charge is 0.382 e. The van der Waals surface area contributed by atoms with Gasteiger partial charge in [-0.3, -0.25) is 14.6 Å². The highest BCUT2D eigenvalue weighted by Crippen LogP contribution is 2.41. The average Bonchev–Trinajstić information content (AvgIpc) is 3.07. The maximum atomic E-state index is 13.1. The summed E-state index contributed by atoms with van der Waals surface area (Å²) in [7, 11) is 0. The highest BCUT2D eigenvalue weighted by molar-refractivity contribution is 6.11. The molecule has 0 aliphatic heterocycles. The van der Waals surface area contributed by atoms with E-state index in [1.165, 1.54) is 19.3 Å². The second-order valence-corrected chi connectivity index (χ2v) is 10.1. The average molecular weight is 431 g/mol. The SMILES string of the molecule is CC1(C)CC(=O)c2c(n(-c3ccc(C(N)=O)c(NC4CCCCC4)c3)c3cnccc23)C1. The first-order valence-electron chi connectivity index (χ1n) is 11.6. The first-order valence-corrected chi connectivity index (χ1v) is 11.6. The van der Waals surface area contributed by atoms with Crippen LogP contribution in [0, 0.1) is 5.41 Å². The molecule has 0 unspecified atom stereocenters. The number of hydrogen-bond acceptors (Lipinski definition) is 4. The van der Waals surface area contributed by atoms with Crippen molar-refractivity contribution in [3.05, 3.63) is 53.5 Å². The molecule has 3 N–H and O–H groups in total. The number of primary amides is 1. The third kappa shape index (κ3) is 3.57. The van der Waals surface area contributed by atoms with Gasteiger partial charge in [-0.2, -0.15) is 0 Å². The van der Waals surface area contributed by atoms with Crippen LogP contribution in [-0.4, -0.2) is 27.3 Å². The van der Waals surface area contributed by atoms with Crippen LogP contribution in [0.4, 0.5) is 5.69 Å². The van der Waals surface area contributed by atoms with Gasteiger partial charge in [0.2, 0.25) is 0 Å². The molecular weight excluding hydrogens is 400 g/mol. The molecule has 0 radical (unpaired) electrons. The zero-order chi connectivity index (χ0) is 22.5. The van der Waals surface area contributed by atoms with Crippen LogP contribution >= 0.6 is 0 Å². The van der Waals surface area contributed by atoms with Crippen molar-refractivity contribution in [2.45, 2.75) is 64.8 Å². The van der Waals surface area contributed by atoms with E-state index in [1.807, 2.05) is 24.4 Å². The molecule has 2 aliphatic carbocycles. The van der Waals surface area contributed by atoms with Crippen molar-refractivity contribution in [1.82, 2.24) is 9.55 Å². The fraction of sp³-hybridized carbons (Fsp3) is 0.423. The van der Waals surface area contributed by atoms with E-state index < -0.39 is 5.91 Å². The van der Waals surface area contributed by atoms with Crippen molar-refractivity contribution in [1.29, 1.82) is 0 Å². The predicted octanol–water partition coefficient (Wildman–Crippen LogP) is 5.02. The molecule has 0 bridgehead atoms. The smallest absolute Gasteiger partial charge is 0.250 e. The molecule has 2 aromatic heterocycles. The number of benzene rings is 1. The molecule has 1 fully saturated rings. The number of nitrogens with zero attached hydrogens (tertiary/aromatic N) is 2. The lowest BCUT2D eigenvalue weighted by Gasteiger charge is -2.30. The monoisotopic (exact) mass is 430 g/mol. The number of rotatable bonds is 4. The fourth-order valence-corrected chi connectivity index (χ4v) is 5.47. The van der Waals surface area contributed by atoms with Gasteiger partial charge in [-0.25, -0.2) is 0 Å². The zero-order valence-electron chi connectivity index (χ0n) is 18.8. The van der Waals surface area contributed by atoms with E-state index in [1.54, 1.807) is 12.3 Å². The Hall–Kier alpha value is -3.15. The van der Waals surface area contributed by atoms with Crippen LogP contribution in [0.15, 0.2) is 36.7 Å². The number of nitrogens with one attached hydrogen (secondary N) is 1. The second-order valence-electron chi connectivity index (χ2n) is 10.1. The summed E-state index contributed by atoms with van der Waals surface area (Å²) >= 11 is 0. The van der Waals surface area contributed by atoms with E-state index in [0.29, 0.717) is 18.0 Å². The Balaban J connectivity index is 1.68. The Morgan fingerprint density at radius 2 is 1.94 bits per heavy atom. The number of carbonyl (C=O) groups excluding carboxylic acids is 2. The van der Waals surface area contributed by atoms with Crippen LogP contribution in [0.3, 0.4) is 0 Å². The Bertz CT molecular complexity index is 1220. The first kappa shape index (κ1) is 20.7. The number of carbonyl (C=O) groups is 2. The van der Waals surface area contributed by atoms with Crippen molar-refractivity contribution < 1.29 is 9.59 Å². The van der Waals surface area contributed by atoms with Crippen LogP contribution in [0.5, 0.6) is 0 Å². The Morgan fingerprint density at radius 1 is 1.16 bits per heavy atom. The molecule has 0 atom stereocenters. The van der Waals surface area contributed by atoms with Crippen LogP contribution in [0.2, 0.25) is 0 Å². The topological polar surface area (TPSA) is 90.0 Å². The molecule has 0 spiro atoms. The number of aromatic nitrogens is 2. The van der Waals surface area contributed by atoms with Crippen molar-refractivity contribution in [2.24, 2.45) is 11.1 Å². The summed E-state index contributed by atoms with van der Waals surface area (Å²) in [5, 5.41) is 4.53. The van der Waals surface area contributed by atoms with Crippen molar-refractivity contribution in [3.8, 4) is 5.69 Å². The Morgan fingerprint density at radius 3 is 2.69 bits per heavy atom. The number of hydrogen-bond donors (Lipinski definition) is 2. The lowest BCUT2D eigenvalue weighted by atomic mass is 9.75. The number of fused-ring (bicyclic) bond motifs is 3. The molecule has 32 heavy (non-hydrogen) atoms. The highest BCUT2D eigenvalue weighted by Gasteiger charge is 2.36. The summed E-state index contributed by atoms with van der Waals surface area (Å²) in [5.41, 5.74) is 10.5. The van der Waals surface area contributed by atoms with E-state index in [4.69, 9.17) is 5.73 Å². The number of anilines is 1. The maximum absolute atomic E-state index is 13.1. The fourth-order valence-electron chi connectivity index (χ4n) is 5.47. The van der Waals surface area contributed by atoms with E-state index in [-0.39, 0.29) is 11.2 Å². The summed E-state index contributed by atoms with van der Waals surface area (Å²) in [6.07, 6.45) is 10.7. The van der Waals surface area contributed by atoms with Crippen molar-refractivity contribution in [3.63, 3.8) is 0 Å². The van der Waals surface area contributed by atoms with Crippen LogP contribution < -0.4 is 11.1 Å². The molecule has 1 aromatic carbocycles. The summed E-state index contributed by atoms with van der Waals surface area (Å²) in [6, 6.07) is 8.00. The molecule has 166 valence electrons. The van der Waals surface area contributed by atoms with Crippen molar-refractivity contribution in [2.75, 3.05) is 5.32 Å². The number of amides is 1. The lowest BCUT2D eigenvalue weighted by Crippen LogP contribution is -2.28. The number of ketones is 1. The molecule has 3 aromatic rings. The minimum Gasteiger partial charge on any atom is -0.382 e. The molecule has 1 amide bonds. The predicted molar refractivity (Wildman–Crippen MR) is 127 cm³/mol. The normalized spacial score (nSPS) is 18.5. The van der Waals surface area contributed by atoms with Gasteiger partial charge in [0.25, 0.3) is 5.91 Å². The van der Waals surface area contributed by atoms with Crippen LogP contribution in [0.25, 0.3) is 16.6 Å². The summed E-state index contributed by atoms with van der Waals surface area (Å²) in [4.78, 5) is 29.6. The van der Waals surface area contributed by atoms with Gasteiger partial charge in [0.15, 0.2) is 5.78 Å². The minimum atomic E-state index is -0.438. The quantitative estimate of drug-likeness (QED) is 0.608. The number of Topliss-reactive ketones (excluding diaryl/α,β-unsaturated/α-hetero) is 1. The van der Waals surface area contributed by atoms with Gasteiger partial charge in [-0.1, -0.05) is 33.1 Å². The second kappa shape index (κ2) is 7.76. The van der Waals surface area contributed by atoms with Gasteiger partial charge in [0, 0.05) is 46.7 Å². The van der Waals surface area contributed by atoms with E-state index in [9.17, 15) is 9.59 Å². The molecule has 1 saturated carbocycles. The van der Waals surface area contributed by atoms with Gasteiger partial charge in [0.05, 0.1) is 17.3 Å². The van der Waals surface area contributed by atoms with Gasteiger partial charge in [0.1, 0.15) is 0 Å². The molecular formula is C26H30N4O2. The van der Waals surface area contributed by atoms with Gasteiger partial charge in [-0.05, 0) is 48.9 Å². The van der Waals surface area contributed by atoms with E-state index in [2.05, 4.69) is 28.7 Å². The molecule has 2 aliphatic rings. The molecule has 0 saturated heterocycles. The third-order valence-corrected chi connectivity index (χ3v) is 6.92. The van der Waals surface area contributed by atoms with Gasteiger partial charge >= 0.3 is 0 Å².